The molecule has 2 atom stereocenters. The maximum absolute atomic E-state index is 12.5. The van der Waals surface area contributed by atoms with E-state index in [1.165, 1.54) is 250 Å². The van der Waals surface area contributed by atoms with Gasteiger partial charge >= 0.3 is 0 Å². The Morgan fingerprint density at radius 3 is 0.943 bits per heavy atom. The van der Waals surface area contributed by atoms with E-state index in [1.807, 2.05) is 0 Å². The van der Waals surface area contributed by atoms with E-state index in [9.17, 15) is 15.0 Å². The molecule has 0 rings (SSSR count). The molecular formula is C66H123NO3. The molecular weight excluding hydrogens is 855 g/mol. The summed E-state index contributed by atoms with van der Waals surface area (Å²) in [4.78, 5) is 12.5. The maximum Gasteiger partial charge on any atom is 0.220 e. The van der Waals surface area contributed by atoms with Gasteiger partial charge in [-0.1, -0.05) is 331 Å². The Kier molecular flexibility index (Phi) is 59.7. The summed E-state index contributed by atoms with van der Waals surface area (Å²) in [7, 11) is 0. The van der Waals surface area contributed by atoms with E-state index >= 15 is 0 Å². The van der Waals surface area contributed by atoms with Crippen LogP contribution in [0.3, 0.4) is 0 Å². The van der Waals surface area contributed by atoms with Crippen molar-refractivity contribution in [2.75, 3.05) is 6.61 Å². The van der Waals surface area contributed by atoms with Crippen LogP contribution >= 0.6 is 0 Å². The van der Waals surface area contributed by atoms with E-state index < -0.39 is 12.1 Å². The maximum atomic E-state index is 12.5. The summed E-state index contributed by atoms with van der Waals surface area (Å²) in [6.07, 6.45) is 86.7. The molecule has 2 unspecified atom stereocenters. The zero-order valence-corrected chi connectivity index (χ0v) is 47.3. The number of amides is 1. The molecule has 4 heteroatoms. The number of unbranched alkanes of at least 4 members (excludes halogenated alkanes) is 41. The number of allylic oxidation sites excluding steroid dienone is 10. The molecule has 0 fully saturated rings. The Morgan fingerprint density at radius 1 is 0.357 bits per heavy atom. The van der Waals surface area contributed by atoms with Gasteiger partial charge in [0.25, 0.3) is 0 Å². The molecule has 0 radical (unpaired) electrons. The molecule has 0 aromatic rings. The molecule has 0 aromatic heterocycles. The SMILES string of the molecule is CC/C=C\C/C=C\C/C=C\C/C=C\C/C=C\CCCCCCCCCCCCCCCCCCCCCC(=O)NC(CO)C(O)CCCCCCCCCCCCCCCCCCCCCCCCC. The highest BCUT2D eigenvalue weighted by Crippen LogP contribution is 2.18. The zero-order valence-electron chi connectivity index (χ0n) is 47.3. The first kappa shape index (κ1) is 68.1. The Bertz CT molecular complexity index is 1150. The van der Waals surface area contributed by atoms with Crippen molar-refractivity contribution in [1.82, 2.24) is 5.32 Å². The number of rotatable bonds is 58. The zero-order chi connectivity index (χ0) is 50.6. The molecule has 70 heavy (non-hydrogen) atoms. The monoisotopic (exact) mass is 978 g/mol. The fourth-order valence-corrected chi connectivity index (χ4v) is 9.80. The van der Waals surface area contributed by atoms with Gasteiger partial charge in [0, 0.05) is 6.42 Å². The number of aliphatic hydroxyl groups is 2. The molecule has 0 heterocycles. The predicted octanol–water partition coefficient (Wildman–Crippen LogP) is 21.2. The van der Waals surface area contributed by atoms with Gasteiger partial charge in [-0.05, 0) is 57.8 Å². The molecule has 0 aliphatic rings. The van der Waals surface area contributed by atoms with Crippen molar-refractivity contribution in [2.45, 2.75) is 347 Å². The lowest BCUT2D eigenvalue weighted by Crippen LogP contribution is -2.45. The van der Waals surface area contributed by atoms with Gasteiger partial charge in [-0.25, -0.2) is 0 Å². The minimum absolute atomic E-state index is 0.0261. The summed E-state index contributed by atoms with van der Waals surface area (Å²) < 4.78 is 0. The first-order valence-electron chi connectivity index (χ1n) is 31.5. The van der Waals surface area contributed by atoms with Gasteiger partial charge < -0.3 is 15.5 Å². The Morgan fingerprint density at radius 2 is 0.629 bits per heavy atom. The Labute approximate surface area is 438 Å². The van der Waals surface area contributed by atoms with Crippen LogP contribution < -0.4 is 5.32 Å². The van der Waals surface area contributed by atoms with Crippen molar-refractivity contribution in [3.63, 3.8) is 0 Å². The topological polar surface area (TPSA) is 69.6 Å². The third-order valence-electron chi connectivity index (χ3n) is 14.5. The highest BCUT2D eigenvalue weighted by atomic mass is 16.3. The van der Waals surface area contributed by atoms with Crippen molar-refractivity contribution < 1.29 is 15.0 Å². The van der Waals surface area contributed by atoms with Gasteiger partial charge in [0.15, 0.2) is 0 Å². The van der Waals surface area contributed by atoms with Crippen LogP contribution in [0.1, 0.15) is 335 Å². The summed E-state index contributed by atoms with van der Waals surface area (Å²) in [5.41, 5.74) is 0. The average Bonchev–Trinajstić information content (AvgIpc) is 3.36. The standard InChI is InChI=1S/C66H123NO3/c1-3-5-7-9-11-13-15-17-19-21-23-25-27-28-29-30-31-32-33-34-35-36-37-38-40-42-44-46-48-50-52-54-56-58-60-62-66(70)67-64(63-68)65(69)61-59-57-55-53-51-49-47-45-43-41-39-26-24-22-20-18-16-14-12-10-8-6-4-2/h5,7,11,13,17,19,23,25,28-29,64-65,68-69H,3-4,6,8-10,12,14-16,18,20-22,24,26-27,30-63H2,1-2H3,(H,67,70)/b7-5-,13-11-,19-17-,25-23-,29-28-. The molecule has 4 nitrogen and oxygen atoms in total. The van der Waals surface area contributed by atoms with E-state index in [2.05, 4.69) is 79.9 Å². The Hall–Kier alpha value is -1.91. The molecule has 0 aromatic carbocycles. The van der Waals surface area contributed by atoms with Gasteiger partial charge in [-0.15, -0.1) is 0 Å². The summed E-state index contributed by atoms with van der Waals surface area (Å²) in [5, 5.41) is 23.4. The van der Waals surface area contributed by atoms with Crippen molar-refractivity contribution in [2.24, 2.45) is 0 Å². The van der Waals surface area contributed by atoms with Crippen LogP contribution in [0.25, 0.3) is 0 Å². The summed E-state index contributed by atoms with van der Waals surface area (Å²) in [6.45, 7) is 4.28. The third-order valence-corrected chi connectivity index (χ3v) is 14.5. The van der Waals surface area contributed by atoms with Gasteiger partial charge in [-0.3, -0.25) is 4.79 Å². The molecule has 410 valence electrons. The minimum Gasteiger partial charge on any atom is -0.394 e. The van der Waals surface area contributed by atoms with Crippen LogP contribution in [0, 0.1) is 0 Å². The van der Waals surface area contributed by atoms with Crippen molar-refractivity contribution >= 4 is 5.91 Å². The molecule has 3 N–H and O–H groups in total. The van der Waals surface area contributed by atoms with E-state index in [0.29, 0.717) is 12.8 Å². The number of aliphatic hydroxyl groups excluding tert-OH is 2. The second-order valence-corrected chi connectivity index (χ2v) is 21.5. The smallest absolute Gasteiger partial charge is 0.220 e. The number of carbonyl (C=O) groups is 1. The number of hydrogen-bond acceptors (Lipinski definition) is 3. The summed E-state index contributed by atoms with van der Waals surface area (Å²) >= 11 is 0. The van der Waals surface area contributed by atoms with E-state index in [4.69, 9.17) is 0 Å². The lowest BCUT2D eigenvalue weighted by molar-refractivity contribution is -0.123. The van der Waals surface area contributed by atoms with Crippen molar-refractivity contribution in [1.29, 1.82) is 0 Å². The fourth-order valence-electron chi connectivity index (χ4n) is 9.80. The van der Waals surface area contributed by atoms with Gasteiger partial charge in [0.05, 0.1) is 18.8 Å². The van der Waals surface area contributed by atoms with Gasteiger partial charge in [0.2, 0.25) is 5.91 Å². The molecule has 0 saturated carbocycles. The van der Waals surface area contributed by atoms with Crippen molar-refractivity contribution in [3.05, 3.63) is 60.8 Å². The van der Waals surface area contributed by atoms with E-state index in [-0.39, 0.29) is 12.5 Å². The van der Waals surface area contributed by atoms with Gasteiger partial charge in [0.1, 0.15) is 0 Å². The molecule has 0 aliphatic heterocycles. The lowest BCUT2D eigenvalue weighted by atomic mass is 10.0. The number of carbonyl (C=O) groups excluding carboxylic acids is 1. The molecule has 0 aliphatic carbocycles. The molecule has 0 spiro atoms. The first-order valence-corrected chi connectivity index (χ1v) is 31.5. The highest BCUT2D eigenvalue weighted by Gasteiger charge is 2.20. The Balaban J connectivity index is 3.42. The van der Waals surface area contributed by atoms with Crippen LogP contribution in [0.15, 0.2) is 60.8 Å². The van der Waals surface area contributed by atoms with Gasteiger partial charge in [-0.2, -0.15) is 0 Å². The predicted molar refractivity (Wildman–Crippen MR) is 313 cm³/mol. The summed E-state index contributed by atoms with van der Waals surface area (Å²) in [5.74, 6) is -0.0261. The van der Waals surface area contributed by atoms with Crippen LogP contribution in [-0.4, -0.2) is 34.9 Å². The molecule has 0 bridgehead atoms. The number of nitrogens with one attached hydrogen (secondary N) is 1. The van der Waals surface area contributed by atoms with E-state index in [0.717, 1.165) is 57.8 Å². The van der Waals surface area contributed by atoms with Crippen LogP contribution in [0.2, 0.25) is 0 Å². The fraction of sp³-hybridized carbons (Fsp3) is 0.833. The molecule has 1 amide bonds. The number of hydrogen-bond donors (Lipinski definition) is 3. The second kappa shape index (κ2) is 61.4. The molecule has 0 saturated heterocycles. The largest absolute Gasteiger partial charge is 0.394 e. The van der Waals surface area contributed by atoms with Crippen molar-refractivity contribution in [3.8, 4) is 0 Å². The van der Waals surface area contributed by atoms with E-state index in [1.54, 1.807) is 0 Å². The summed E-state index contributed by atoms with van der Waals surface area (Å²) in [6, 6.07) is -0.538. The van der Waals surface area contributed by atoms with Crippen LogP contribution in [-0.2, 0) is 4.79 Å². The van der Waals surface area contributed by atoms with Crippen LogP contribution in [0.5, 0.6) is 0 Å². The lowest BCUT2D eigenvalue weighted by Gasteiger charge is -2.22. The normalized spacial score (nSPS) is 13.1. The minimum atomic E-state index is -0.661. The average molecular weight is 979 g/mol. The third kappa shape index (κ3) is 57.0. The first-order chi connectivity index (χ1) is 34.7. The highest BCUT2D eigenvalue weighted by molar-refractivity contribution is 5.76. The quantitative estimate of drug-likeness (QED) is 0.0420. The second-order valence-electron chi connectivity index (χ2n) is 21.5. The van der Waals surface area contributed by atoms with Crippen LogP contribution in [0.4, 0.5) is 0 Å².